The number of aliphatic hydroxyl groups is 1. The lowest BCUT2D eigenvalue weighted by molar-refractivity contribution is 0.200. The summed E-state index contributed by atoms with van der Waals surface area (Å²) in [5, 5.41) is 15.1. The number of hydrogen-bond donors (Lipinski definition) is 1. The Morgan fingerprint density at radius 3 is 2.58 bits per heavy atom. The van der Waals surface area contributed by atoms with Crippen LogP contribution in [0, 0.1) is 11.6 Å². The fraction of sp³-hybridized carbons (Fsp3) is 0.250. The summed E-state index contributed by atoms with van der Waals surface area (Å²) in [6, 6.07) is 15.3. The molecule has 1 aliphatic rings. The Morgan fingerprint density at radius 2 is 1.81 bits per heavy atom. The third kappa shape index (κ3) is 3.38. The number of fused-ring (bicyclic) bond motifs is 1. The van der Waals surface area contributed by atoms with Crippen molar-refractivity contribution in [1.29, 1.82) is 0 Å². The number of aliphatic hydroxyl groups excluding tert-OH is 1. The standard InChI is InChI=1S/C20H19F2N3O/c21-17-7-6-14(10-18(17)22)12-24-8-9-25-16(13-24)11-19(23-25)20(26)15-4-2-1-3-5-15/h1-7,10-11,20,26H,8-9,12-13H2/t20-/m0/s1. The molecule has 134 valence electrons. The monoisotopic (exact) mass is 355 g/mol. The van der Waals surface area contributed by atoms with Crippen molar-refractivity contribution >= 4 is 0 Å². The summed E-state index contributed by atoms with van der Waals surface area (Å²) < 4.78 is 28.4. The van der Waals surface area contributed by atoms with E-state index in [1.165, 1.54) is 6.07 Å². The van der Waals surface area contributed by atoms with Crippen molar-refractivity contribution in [2.24, 2.45) is 0 Å². The molecule has 3 aromatic rings. The summed E-state index contributed by atoms with van der Waals surface area (Å²) in [7, 11) is 0. The molecule has 0 unspecified atom stereocenters. The van der Waals surface area contributed by atoms with Crippen LogP contribution in [0.3, 0.4) is 0 Å². The molecule has 0 aliphatic carbocycles. The van der Waals surface area contributed by atoms with Gasteiger partial charge in [-0.1, -0.05) is 36.4 Å². The van der Waals surface area contributed by atoms with Crippen molar-refractivity contribution in [3.05, 3.63) is 88.7 Å². The molecule has 1 aliphatic heterocycles. The van der Waals surface area contributed by atoms with E-state index in [2.05, 4.69) is 10.00 Å². The molecule has 1 N–H and O–H groups in total. The van der Waals surface area contributed by atoms with Crippen LogP contribution in [0.15, 0.2) is 54.6 Å². The molecule has 4 rings (SSSR count). The van der Waals surface area contributed by atoms with Crippen LogP contribution in [-0.2, 0) is 19.6 Å². The predicted molar refractivity (Wildman–Crippen MR) is 93.2 cm³/mol. The van der Waals surface area contributed by atoms with Gasteiger partial charge in [0.1, 0.15) is 6.10 Å². The van der Waals surface area contributed by atoms with Crippen LogP contribution in [0.1, 0.15) is 28.6 Å². The van der Waals surface area contributed by atoms with Crippen LogP contribution in [0.4, 0.5) is 8.78 Å². The number of nitrogens with zero attached hydrogens (tertiary/aromatic N) is 3. The molecule has 1 aromatic heterocycles. The van der Waals surface area contributed by atoms with E-state index in [0.717, 1.165) is 29.4 Å². The SMILES string of the molecule is O[C@@H](c1ccccc1)c1cc2n(n1)CCN(Cc1ccc(F)c(F)c1)C2. The highest BCUT2D eigenvalue weighted by molar-refractivity contribution is 5.27. The van der Waals surface area contributed by atoms with Crippen LogP contribution in [0.5, 0.6) is 0 Å². The first-order valence-corrected chi connectivity index (χ1v) is 8.56. The van der Waals surface area contributed by atoms with E-state index in [0.29, 0.717) is 25.3 Å². The molecule has 0 radical (unpaired) electrons. The van der Waals surface area contributed by atoms with E-state index in [-0.39, 0.29) is 0 Å². The van der Waals surface area contributed by atoms with Crippen molar-refractivity contribution in [3.63, 3.8) is 0 Å². The molecule has 0 saturated carbocycles. The van der Waals surface area contributed by atoms with Gasteiger partial charge in [0.05, 0.1) is 17.9 Å². The highest BCUT2D eigenvalue weighted by atomic mass is 19.2. The second-order valence-corrected chi connectivity index (χ2v) is 6.56. The van der Waals surface area contributed by atoms with E-state index in [4.69, 9.17) is 0 Å². The van der Waals surface area contributed by atoms with Crippen molar-refractivity contribution in [2.45, 2.75) is 25.7 Å². The van der Waals surface area contributed by atoms with Gasteiger partial charge >= 0.3 is 0 Å². The molecule has 6 heteroatoms. The Balaban J connectivity index is 1.49. The second-order valence-electron chi connectivity index (χ2n) is 6.56. The molecular formula is C20H19F2N3O. The zero-order chi connectivity index (χ0) is 18.1. The first kappa shape index (κ1) is 16.9. The molecule has 26 heavy (non-hydrogen) atoms. The average Bonchev–Trinajstić information content (AvgIpc) is 3.08. The third-order valence-corrected chi connectivity index (χ3v) is 4.68. The largest absolute Gasteiger partial charge is 0.382 e. The first-order valence-electron chi connectivity index (χ1n) is 8.56. The molecule has 0 saturated heterocycles. The summed E-state index contributed by atoms with van der Waals surface area (Å²) in [6.07, 6.45) is -0.756. The summed E-state index contributed by atoms with van der Waals surface area (Å²) in [5.74, 6) is -1.65. The highest BCUT2D eigenvalue weighted by Gasteiger charge is 2.22. The maximum atomic E-state index is 13.4. The van der Waals surface area contributed by atoms with E-state index in [1.54, 1.807) is 6.07 Å². The van der Waals surface area contributed by atoms with E-state index >= 15 is 0 Å². The molecule has 2 heterocycles. The van der Waals surface area contributed by atoms with Gasteiger partial charge in [-0.05, 0) is 29.3 Å². The van der Waals surface area contributed by atoms with Gasteiger partial charge in [-0.25, -0.2) is 8.78 Å². The molecule has 4 nitrogen and oxygen atoms in total. The number of rotatable bonds is 4. The number of aromatic nitrogens is 2. The lowest BCUT2D eigenvalue weighted by Gasteiger charge is -2.27. The van der Waals surface area contributed by atoms with Crippen LogP contribution >= 0.6 is 0 Å². The van der Waals surface area contributed by atoms with Gasteiger partial charge < -0.3 is 5.11 Å². The first-order chi connectivity index (χ1) is 12.6. The summed E-state index contributed by atoms with van der Waals surface area (Å²) in [5.41, 5.74) is 3.17. The zero-order valence-corrected chi connectivity index (χ0v) is 14.1. The Hall–Kier alpha value is -2.57. The summed E-state index contributed by atoms with van der Waals surface area (Å²) >= 11 is 0. The smallest absolute Gasteiger partial charge is 0.159 e. The zero-order valence-electron chi connectivity index (χ0n) is 14.1. The fourth-order valence-electron chi connectivity index (χ4n) is 3.31. The van der Waals surface area contributed by atoms with Gasteiger partial charge in [0.15, 0.2) is 11.6 Å². The van der Waals surface area contributed by atoms with E-state index in [1.807, 2.05) is 41.1 Å². The lowest BCUT2D eigenvalue weighted by atomic mass is 10.1. The summed E-state index contributed by atoms with van der Waals surface area (Å²) in [4.78, 5) is 2.16. The maximum Gasteiger partial charge on any atom is 0.159 e. The Morgan fingerprint density at radius 1 is 1.00 bits per heavy atom. The Bertz CT molecular complexity index is 911. The predicted octanol–water partition coefficient (Wildman–Crippen LogP) is 3.26. The minimum absolute atomic E-state index is 0.541. The topological polar surface area (TPSA) is 41.3 Å². The molecule has 2 aromatic carbocycles. The number of hydrogen-bond acceptors (Lipinski definition) is 3. The molecule has 0 spiro atoms. The van der Waals surface area contributed by atoms with Crippen molar-refractivity contribution in [1.82, 2.24) is 14.7 Å². The second kappa shape index (κ2) is 6.97. The molecule has 0 fully saturated rings. The number of halogens is 2. The van der Waals surface area contributed by atoms with E-state index < -0.39 is 17.7 Å². The van der Waals surface area contributed by atoms with Crippen LogP contribution in [0.25, 0.3) is 0 Å². The fourth-order valence-corrected chi connectivity index (χ4v) is 3.31. The van der Waals surface area contributed by atoms with Crippen LogP contribution in [-0.4, -0.2) is 26.3 Å². The van der Waals surface area contributed by atoms with Crippen LogP contribution < -0.4 is 0 Å². The Labute approximate surface area is 150 Å². The van der Waals surface area contributed by atoms with Crippen molar-refractivity contribution in [2.75, 3.05) is 6.54 Å². The average molecular weight is 355 g/mol. The van der Waals surface area contributed by atoms with Crippen molar-refractivity contribution < 1.29 is 13.9 Å². The normalized spacial score (nSPS) is 15.7. The third-order valence-electron chi connectivity index (χ3n) is 4.68. The van der Waals surface area contributed by atoms with E-state index in [9.17, 15) is 13.9 Å². The van der Waals surface area contributed by atoms with Gasteiger partial charge in [-0.2, -0.15) is 5.10 Å². The lowest BCUT2D eigenvalue weighted by Crippen LogP contribution is -2.33. The minimum atomic E-state index is -0.829. The quantitative estimate of drug-likeness (QED) is 0.781. The van der Waals surface area contributed by atoms with Gasteiger partial charge in [0.2, 0.25) is 0 Å². The maximum absolute atomic E-state index is 13.4. The van der Waals surface area contributed by atoms with Gasteiger partial charge in [-0.3, -0.25) is 9.58 Å². The number of benzene rings is 2. The molecule has 1 atom stereocenters. The molecular weight excluding hydrogens is 336 g/mol. The van der Waals surface area contributed by atoms with Gasteiger partial charge in [0.25, 0.3) is 0 Å². The summed E-state index contributed by atoms with van der Waals surface area (Å²) in [6.45, 7) is 2.64. The highest BCUT2D eigenvalue weighted by Crippen LogP contribution is 2.24. The van der Waals surface area contributed by atoms with Crippen molar-refractivity contribution in [3.8, 4) is 0 Å². The molecule has 0 bridgehead atoms. The van der Waals surface area contributed by atoms with Gasteiger partial charge in [0, 0.05) is 19.6 Å². The molecule has 0 amide bonds. The Kier molecular flexibility index (Phi) is 4.53. The van der Waals surface area contributed by atoms with Crippen LogP contribution in [0.2, 0.25) is 0 Å². The van der Waals surface area contributed by atoms with Gasteiger partial charge in [-0.15, -0.1) is 0 Å². The minimum Gasteiger partial charge on any atom is -0.382 e.